The Morgan fingerprint density at radius 1 is 1.10 bits per heavy atom. The molecule has 110 valence electrons. The van der Waals surface area contributed by atoms with Crippen LogP contribution in [-0.4, -0.2) is 29.6 Å². The van der Waals surface area contributed by atoms with Crippen LogP contribution in [0.2, 0.25) is 0 Å². The number of rotatable bonds is 5. The fourth-order valence-electron chi connectivity index (χ4n) is 4.05. The molecule has 1 aromatic rings. The first kappa shape index (κ1) is 14.1. The summed E-state index contributed by atoms with van der Waals surface area (Å²) < 4.78 is 0. The van der Waals surface area contributed by atoms with Crippen LogP contribution in [0.5, 0.6) is 0 Å². The molecule has 0 saturated carbocycles. The molecular weight excluding hydrogens is 244 g/mol. The predicted octanol–water partition coefficient (Wildman–Crippen LogP) is 3.57. The van der Waals surface area contributed by atoms with Crippen molar-refractivity contribution in [2.45, 2.75) is 70.1 Å². The van der Waals surface area contributed by atoms with Crippen LogP contribution in [-0.2, 0) is 6.54 Å². The molecule has 2 bridgehead atoms. The van der Waals surface area contributed by atoms with Gasteiger partial charge in [-0.3, -0.25) is 4.90 Å². The fourth-order valence-corrected chi connectivity index (χ4v) is 4.05. The lowest BCUT2D eigenvalue weighted by Gasteiger charge is -2.49. The highest BCUT2D eigenvalue weighted by atomic mass is 15.2. The van der Waals surface area contributed by atoms with Crippen molar-refractivity contribution in [3.8, 4) is 0 Å². The number of fused-ring (bicyclic) bond motifs is 2. The molecule has 2 saturated heterocycles. The maximum atomic E-state index is 3.76. The summed E-state index contributed by atoms with van der Waals surface area (Å²) in [5.41, 5.74) is 1.48. The maximum Gasteiger partial charge on any atom is 0.0239 e. The average Bonchev–Trinajstić information content (AvgIpc) is 2.46. The fraction of sp³-hybridized carbons (Fsp3) is 0.667. The minimum absolute atomic E-state index is 0.761. The van der Waals surface area contributed by atoms with Crippen molar-refractivity contribution in [3.63, 3.8) is 0 Å². The normalized spacial score (nSPS) is 30.4. The Morgan fingerprint density at radius 2 is 1.80 bits per heavy atom. The molecule has 0 aliphatic carbocycles. The van der Waals surface area contributed by atoms with E-state index in [1.165, 1.54) is 50.6 Å². The van der Waals surface area contributed by atoms with Gasteiger partial charge in [0.1, 0.15) is 0 Å². The molecule has 20 heavy (non-hydrogen) atoms. The number of benzene rings is 1. The van der Waals surface area contributed by atoms with Gasteiger partial charge in [-0.1, -0.05) is 43.7 Å². The van der Waals surface area contributed by atoms with Gasteiger partial charge in [-0.05, 0) is 44.2 Å². The second-order valence-electron chi connectivity index (χ2n) is 6.52. The zero-order chi connectivity index (χ0) is 13.8. The van der Waals surface area contributed by atoms with Crippen molar-refractivity contribution >= 4 is 0 Å². The first-order valence-electron chi connectivity index (χ1n) is 8.40. The minimum atomic E-state index is 0.761. The van der Waals surface area contributed by atoms with Crippen LogP contribution >= 0.6 is 0 Å². The summed E-state index contributed by atoms with van der Waals surface area (Å²) in [4.78, 5) is 2.79. The highest BCUT2D eigenvalue weighted by Gasteiger charge is 2.37. The number of piperidine rings is 2. The van der Waals surface area contributed by atoms with Crippen LogP contribution in [0.4, 0.5) is 0 Å². The van der Waals surface area contributed by atoms with Gasteiger partial charge in [0.2, 0.25) is 0 Å². The molecule has 2 aliphatic heterocycles. The van der Waals surface area contributed by atoms with E-state index >= 15 is 0 Å². The van der Waals surface area contributed by atoms with Gasteiger partial charge < -0.3 is 5.32 Å². The quantitative estimate of drug-likeness (QED) is 0.881. The van der Waals surface area contributed by atoms with Gasteiger partial charge in [-0.2, -0.15) is 0 Å². The number of nitrogens with zero attached hydrogens (tertiary/aromatic N) is 1. The smallest absolute Gasteiger partial charge is 0.0239 e. The monoisotopic (exact) mass is 272 g/mol. The van der Waals surface area contributed by atoms with Gasteiger partial charge in [0, 0.05) is 24.7 Å². The Morgan fingerprint density at radius 3 is 2.45 bits per heavy atom. The standard InChI is InChI=1S/C18H28N2/c1-2-11-19-16-12-17-9-6-10-18(13-16)20(17)14-15-7-4-3-5-8-15/h3-5,7-8,16-19H,2,6,9-14H2,1H3. The molecule has 0 radical (unpaired) electrons. The van der Waals surface area contributed by atoms with Crippen molar-refractivity contribution in [1.29, 1.82) is 0 Å². The molecule has 3 rings (SSSR count). The summed E-state index contributed by atoms with van der Waals surface area (Å²) in [6.45, 7) is 4.60. The van der Waals surface area contributed by atoms with Crippen LogP contribution in [0, 0.1) is 0 Å². The van der Waals surface area contributed by atoms with Crippen LogP contribution in [0.15, 0.2) is 30.3 Å². The zero-order valence-electron chi connectivity index (χ0n) is 12.7. The Bertz CT molecular complexity index is 389. The summed E-state index contributed by atoms with van der Waals surface area (Å²) in [6, 6.07) is 13.4. The lowest BCUT2D eigenvalue weighted by atomic mass is 9.81. The van der Waals surface area contributed by atoms with E-state index in [-0.39, 0.29) is 0 Å². The minimum Gasteiger partial charge on any atom is -0.314 e. The molecule has 1 N–H and O–H groups in total. The van der Waals surface area contributed by atoms with Crippen molar-refractivity contribution < 1.29 is 0 Å². The Hall–Kier alpha value is -0.860. The topological polar surface area (TPSA) is 15.3 Å². The molecule has 0 amide bonds. The Kier molecular flexibility index (Phi) is 4.74. The van der Waals surface area contributed by atoms with E-state index in [4.69, 9.17) is 0 Å². The molecule has 2 nitrogen and oxygen atoms in total. The first-order chi connectivity index (χ1) is 9.86. The van der Waals surface area contributed by atoms with Crippen molar-refractivity contribution in [2.75, 3.05) is 6.54 Å². The molecule has 2 heterocycles. The maximum absolute atomic E-state index is 3.76. The number of hydrogen-bond donors (Lipinski definition) is 1. The van der Waals surface area contributed by atoms with E-state index in [0.717, 1.165) is 24.7 Å². The van der Waals surface area contributed by atoms with Crippen LogP contribution in [0.3, 0.4) is 0 Å². The second kappa shape index (κ2) is 6.73. The third-order valence-electron chi connectivity index (χ3n) is 5.02. The van der Waals surface area contributed by atoms with Crippen LogP contribution < -0.4 is 5.32 Å². The zero-order valence-corrected chi connectivity index (χ0v) is 12.7. The van der Waals surface area contributed by atoms with E-state index in [9.17, 15) is 0 Å². The summed E-state index contributed by atoms with van der Waals surface area (Å²) >= 11 is 0. The summed E-state index contributed by atoms with van der Waals surface area (Å²) in [5, 5.41) is 3.76. The van der Waals surface area contributed by atoms with Crippen molar-refractivity contribution in [3.05, 3.63) is 35.9 Å². The van der Waals surface area contributed by atoms with E-state index in [1.54, 1.807) is 0 Å². The van der Waals surface area contributed by atoms with Crippen molar-refractivity contribution in [1.82, 2.24) is 10.2 Å². The molecule has 0 spiro atoms. The van der Waals surface area contributed by atoms with Gasteiger partial charge in [0.25, 0.3) is 0 Å². The largest absolute Gasteiger partial charge is 0.314 e. The van der Waals surface area contributed by atoms with E-state index < -0.39 is 0 Å². The predicted molar refractivity (Wildman–Crippen MR) is 84.7 cm³/mol. The van der Waals surface area contributed by atoms with Gasteiger partial charge in [-0.15, -0.1) is 0 Å². The summed E-state index contributed by atoms with van der Waals surface area (Å²) in [5.74, 6) is 0. The first-order valence-corrected chi connectivity index (χ1v) is 8.40. The SMILES string of the molecule is CCCNC1CC2CCCC(C1)N2Cc1ccccc1. The average molecular weight is 272 g/mol. The third kappa shape index (κ3) is 3.24. The number of hydrogen-bond acceptors (Lipinski definition) is 2. The summed E-state index contributed by atoms with van der Waals surface area (Å²) in [6.07, 6.45) is 8.18. The van der Waals surface area contributed by atoms with E-state index in [2.05, 4.69) is 47.5 Å². The molecule has 2 atom stereocenters. The van der Waals surface area contributed by atoms with Crippen molar-refractivity contribution in [2.24, 2.45) is 0 Å². The molecular formula is C18H28N2. The highest BCUT2D eigenvalue weighted by Crippen LogP contribution is 2.35. The van der Waals surface area contributed by atoms with Gasteiger partial charge in [-0.25, -0.2) is 0 Å². The third-order valence-corrected chi connectivity index (χ3v) is 5.02. The highest BCUT2D eigenvalue weighted by molar-refractivity contribution is 5.15. The molecule has 2 aliphatic rings. The van der Waals surface area contributed by atoms with E-state index in [1.807, 2.05) is 0 Å². The van der Waals surface area contributed by atoms with Gasteiger partial charge in [0.15, 0.2) is 0 Å². The Balaban J connectivity index is 1.64. The van der Waals surface area contributed by atoms with Gasteiger partial charge in [0.05, 0.1) is 0 Å². The van der Waals surface area contributed by atoms with E-state index in [0.29, 0.717) is 0 Å². The second-order valence-corrected chi connectivity index (χ2v) is 6.52. The molecule has 2 heteroatoms. The molecule has 0 aromatic heterocycles. The molecule has 1 aromatic carbocycles. The number of nitrogens with one attached hydrogen (secondary N) is 1. The lowest BCUT2D eigenvalue weighted by Crippen LogP contribution is -2.55. The molecule has 2 unspecified atom stereocenters. The van der Waals surface area contributed by atoms with Gasteiger partial charge >= 0.3 is 0 Å². The Labute approximate surface area is 123 Å². The summed E-state index contributed by atoms with van der Waals surface area (Å²) in [7, 11) is 0. The molecule has 2 fully saturated rings. The van der Waals surface area contributed by atoms with Crippen LogP contribution in [0.25, 0.3) is 0 Å². The van der Waals surface area contributed by atoms with Crippen LogP contribution in [0.1, 0.15) is 51.0 Å². The lowest BCUT2D eigenvalue weighted by molar-refractivity contribution is 0.0177.